The molecular weight excluding hydrogens is 448 g/mol. The molecule has 33 heavy (non-hydrogen) atoms. The molecule has 3 amide bonds. The highest BCUT2D eigenvalue weighted by Gasteiger charge is 2.39. The van der Waals surface area contributed by atoms with Crippen molar-refractivity contribution in [2.45, 2.75) is 57.3 Å². The summed E-state index contributed by atoms with van der Waals surface area (Å²) in [5.41, 5.74) is 6.71. The van der Waals surface area contributed by atoms with Crippen LogP contribution in [0, 0.1) is 5.92 Å². The Balaban J connectivity index is 2.01. The van der Waals surface area contributed by atoms with E-state index in [1.807, 2.05) is 0 Å². The van der Waals surface area contributed by atoms with E-state index in [-0.39, 0.29) is 23.8 Å². The highest BCUT2D eigenvalue weighted by atomic mass is 32.1. The number of phenols is 1. The summed E-state index contributed by atoms with van der Waals surface area (Å²) in [4.78, 5) is 51.1. The number of carbonyl (C=O) groups is 4. The average Bonchev–Trinajstić information content (AvgIpc) is 3.26. The second-order valence-corrected chi connectivity index (χ2v) is 8.84. The number of carboxylic acids is 1. The Kier molecular flexibility index (Phi) is 9.54. The van der Waals surface area contributed by atoms with Gasteiger partial charge in [0.2, 0.25) is 17.7 Å². The topological polar surface area (TPSA) is 162 Å². The molecule has 1 aliphatic rings. The van der Waals surface area contributed by atoms with Crippen LogP contribution in [-0.2, 0) is 25.6 Å². The molecule has 1 heterocycles. The maximum Gasteiger partial charge on any atom is 0.326 e. The SMILES string of the molecule is CC(C)C(NC(=O)C(CS)NC(=O)C(N)Cc1ccc(O)cc1)C(=O)N1CCCC1C(=O)O. The first-order valence-corrected chi connectivity index (χ1v) is 11.5. The van der Waals surface area contributed by atoms with Crippen molar-refractivity contribution in [2.75, 3.05) is 12.3 Å². The molecule has 0 radical (unpaired) electrons. The van der Waals surface area contributed by atoms with Crippen LogP contribution in [0.4, 0.5) is 0 Å². The normalized spacial score (nSPS) is 18.5. The van der Waals surface area contributed by atoms with Gasteiger partial charge >= 0.3 is 5.97 Å². The summed E-state index contributed by atoms with van der Waals surface area (Å²) in [7, 11) is 0. The van der Waals surface area contributed by atoms with Crippen LogP contribution in [-0.4, -0.2) is 75.3 Å². The Bertz CT molecular complexity index is 863. The van der Waals surface area contributed by atoms with Gasteiger partial charge in [0.05, 0.1) is 6.04 Å². The summed E-state index contributed by atoms with van der Waals surface area (Å²) in [5, 5.41) is 23.9. The number of aromatic hydroxyl groups is 1. The van der Waals surface area contributed by atoms with Crippen molar-refractivity contribution >= 4 is 36.3 Å². The number of hydrogen-bond donors (Lipinski definition) is 6. The minimum absolute atomic E-state index is 0.0238. The summed E-state index contributed by atoms with van der Waals surface area (Å²) >= 11 is 4.15. The molecule has 1 aromatic rings. The minimum Gasteiger partial charge on any atom is -0.508 e. The van der Waals surface area contributed by atoms with E-state index in [0.717, 1.165) is 5.56 Å². The molecule has 0 aliphatic carbocycles. The van der Waals surface area contributed by atoms with Gasteiger partial charge in [-0.1, -0.05) is 26.0 Å². The van der Waals surface area contributed by atoms with Crippen LogP contribution < -0.4 is 16.4 Å². The quantitative estimate of drug-likeness (QED) is 0.255. The Morgan fingerprint density at radius 1 is 1.15 bits per heavy atom. The predicted octanol–water partition coefficient (Wildman–Crippen LogP) is -0.107. The van der Waals surface area contributed by atoms with Crippen molar-refractivity contribution in [2.24, 2.45) is 11.7 Å². The van der Waals surface area contributed by atoms with E-state index in [4.69, 9.17) is 5.73 Å². The summed E-state index contributed by atoms with van der Waals surface area (Å²) in [5.74, 6) is -2.92. The number of hydrogen-bond acceptors (Lipinski definition) is 7. The maximum absolute atomic E-state index is 13.0. The fraction of sp³-hybridized carbons (Fsp3) is 0.545. The summed E-state index contributed by atoms with van der Waals surface area (Å²) < 4.78 is 0. The number of phenolic OH excluding ortho intramolecular Hbond substituents is 1. The molecular formula is C22H32N4O6S. The lowest BCUT2D eigenvalue weighted by molar-refractivity contribution is -0.150. The minimum atomic E-state index is -1.07. The number of likely N-dealkylation sites (tertiary alicyclic amines) is 1. The fourth-order valence-electron chi connectivity index (χ4n) is 3.68. The van der Waals surface area contributed by atoms with Crippen LogP contribution in [0.15, 0.2) is 24.3 Å². The number of rotatable bonds is 10. The third-order valence-corrected chi connectivity index (χ3v) is 5.96. The standard InChI is InChI=1S/C22H32N4O6S/c1-12(2)18(21(30)26-9-3-4-17(26)22(31)32)25-20(29)16(11-33)24-19(28)15(23)10-13-5-7-14(27)8-6-13/h5-8,12,15-18,27,33H,3-4,9-11,23H2,1-2H3,(H,24,28)(H,25,29)(H,31,32). The van der Waals surface area contributed by atoms with E-state index >= 15 is 0 Å². The van der Waals surface area contributed by atoms with Gasteiger partial charge in [-0.05, 0) is 42.9 Å². The molecule has 0 spiro atoms. The Hall–Kier alpha value is -2.79. The van der Waals surface area contributed by atoms with Crippen molar-refractivity contribution in [3.05, 3.63) is 29.8 Å². The molecule has 0 saturated carbocycles. The van der Waals surface area contributed by atoms with Crippen LogP contribution in [0.5, 0.6) is 5.75 Å². The highest BCUT2D eigenvalue weighted by molar-refractivity contribution is 7.80. The van der Waals surface area contributed by atoms with Gasteiger partial charge in [0.1, 0.15) is 23.9 Å². The first-order valence-electron chi connectivity index (χ1n) is 10.8. The number of amides is 3. The zero-order valence-electron chi connectivity index (χ0n) is 18.7. The second-order valence-electron chi connectivity index (χ2n) is 8.48. The van der Waals surface area contributed by atoms with Crippen LogP contribution in [0.1, 0.15) is 32.3 Å². The zero-order chi connectivity index (χ0) is 24.7. The Labute approximate surface area is 198 Å². The van der Waals surface area contributed by atoms with Gasteiger partial charge < -0.3 is 31.5 Å². The molecule has 1 fully saturated rings. The van der Waals surface area contributed by atoms with Gasteiger partial charge in [0, 0.05) is 12.3 Å². The van der Waals surface area contributed by atoms with E-state index in [9.17, 15) is 29.4 Å². The number of benzene rings is 1. The molecule has 1 aliphatic heterocycles. The largest absolute Gasteiger partial charge is 0.508 e. The molecule has 6 N–H and O–H groups in total. The first kappa shape index (κ1) is 26.5. The van der Waals surface area contributed by atoms with Crippen LogP contribution in [0.2, 0.25) is 0 Å². The van der Waals surface area contributed by atoms with Gasteiger partial charge in [-0.15, -0.1) is 0 Å². The Morgan fingerprint density at radius 3 is 2.33 bits per heavy atom. The molecule has 4 unspecified atom stereocenters. The summed E-state index contributed by atoms with van der Waals surface area (Å²) in [6.07, 6.45) is 1.15. The van der Waals surface area contributed by atoms with Crippen LogP contribution in [0.25, 0.3) is 0 Å². The molecule has 11 heteroatoms. The monoisotopic (exact) mass is 480 g/mol. The van der Waals surface area contributed by atoms with Gasteiger partial charge in [-0.3, -0.25) is 14.4 Å². The second kappa shape index (κ2) is 11.9. The summed E-state index contributed by atoms with van der Waals surface area (Å²) in [6.45, 7) is 3.81. The van der Waals surface area contributed by atoms with Crippen LogP contribution >= 0.6 is 12.6 Å². The Morgan fingerprint density at radius 2 is 1.79 bits per heavy atom. The first-order chi connectivity index (χ1) is 15.5. The van der Waals surface area contributed by atoms with Crippen molar-refractivity contribution in [1.29, 1.82) is 0 Å². The van der Waals surface area contributed by atoms with Gasteiger partial charge in [-0.25, -0.2) is 4.79 Å². The highest BCUT2D eigenvalue weighted by Crippen LogP contribution is 2.20. The lowest BCUT2D eigenvalue weighted by Crippen LogP contribution is -2.59. The number of carbonyl (C=O) groups excluding carboxylic acids is 3. The molecule has 2 rings (SSSR count). The van der Waals surface area contributed by atoms with E-state index in [1.165, 1.54) is 17.0 Å². The molecule has 182 valence electrons. The summed E-state index contributed by atoms with van der Waals surface area (Å²) in [6, 6.07) is 2.45. The van der Waals surface area contributed by atoms with Crippen molar-refractivity contribution < 1.29 is 29.4 Å². The van der Waals surface area contributed by atoms with Crippen molar-refractivity contribution in [1.82, 2.24) is 15.5 Å². The molecule has 0 aromatic heterocycles. The number of aliphatic carboxylic acids is 1. The number of nitrogens with zero attached hydrogens (tertiary/aromatic N) is 1. The van der Waals surface area contributed by atoms with Gasteiger partial charge in [-0.2, -0.15) is 12.6 Å². The molecule has 10 nitrogen and oxygen atoms in total. The molecule has 0 bridgehead atoms. The van der Waals surface area contributed by atoms with Crippen molar-refractivity contribution in [3.63, 3.8) is 0 Å². The van der Waals surface area contributed by atoms with E-state index < -0.39 is 47.9 Å². The zero-order valence-corrected chi connectivity index (χ0v) is 19.6. The van der Waals surface area contributed by atoms with Gasteiger partial charge in [0.25, 0.3) is 0 Å². The van der Waals surface area contributed by atoms with E-state index in [0.29, 0.717) is 19.4 Å². The van der Waals surface area contributed by atoms with Crippen LogP contribution in [0.3, 0.4) is 0 Å². The molecule has 4 atom stereocenters. The maximum atomic E-state index is 13.0. The lowest BCUT2D eigenvalue weighted by Gasteiger charge is -2.30. The van der Waals surface area contributed by atoms with E-state index in [1.54, 1.807) is 26.0 Å². The average molecular weight is 481 g/mol. The molecule has 1 saturated heterocycles. The lowest BCUT2D eigenvalue weighted by atomic mass is 10.0. The number of nitrogens with one attached hydrogen (secondary N) is 2. The fourth-order valence-corrected chi connectivity index (χ4v) is 3.94. The number of thiol groups is 1. The number of carboxylic acid groups (broad SMARTS) is 1. The third kappa shape index (κ3) is 7.10. The smallest absolute Gasteiger partial charge is 0.326 e. The number of nitrogens with two attached hydrogens (primary N) is 1. The predicted molar refractivity (Wildman–Crippen MR) is 125 cm³/mol. The molecule has 1 aromatic carbocycles. The third-order valence-electron chi connectivity index (χ3n) is 5.60. The van der Waals surface area contributed by atoms with Gasteiger partial charge in [0.15, 0.2) is 0 Å². The van der Waals surface area contributed by atoms with E-state index in [2.05, 4.69) is 23.3 Å². The van der Waals surface area contributed by atoms with Crippen molar-refractivity contribution in [3.8, 4) is 5.75 Å².